The number of unbranched alkanes of at least 4 members (excludes halogenated alkanes) is 24. The highest BCUT2D eigenvalue weighted by atomic mass is 16.5. The number of carboxylic acids is 1. The number of carboxylic acid groups (broad SMARTS) is 1. The van der Waals surface area contributed by atoms with Gasteiger partial charge >= 0.3 is 11.9 Å². The van der Waals surface area contributed by atoms with Crippen LogP contribution in [0.4, 0.5) is 0 Å². The van der Waals surface area contributed by atoms with E-state index in [0.717, 1.165) is 51.4 Å². The Morgan fingerprint density at radius 3 is 1.12 bits per heavy atom. The van der Waals surface area contributed by atoms with Gasteiger partial charge in [0.25, 0.3) is 0 Å². The first-order chi connectivity index (χ1) is 19.6. The van der Waals surface area contributed by atoms with Crippen molar-refractivity contribution in [2.75, 3.05) is 0 Å². The maximum atomic E-state index is 12.5. The van der Waals surface area contributed by atoms with Gasteiger partial charge in [0.05, 0.1) is 0 Å². The molecular formula is C36H70O4. The van der Waals surface area contributed by atoms with Crippen LogP contribution in [0.25, 0.3) is 0 Å². The predicted octanol–water partition coefficient (Wildman–Crippen LogP) is 12.1. The molecule has 0 amide bonds. The van der Waals surface area contributed by atoms with Crippen molar-refractivity contribution in [1.82, 2.24) is 0 Å². The second-order valence-corrected chi connectivity index (χ2v) is 12.4. The Bertz CT molecular complexity index is 533. The first kappa shape index (κ1) is 38.9. The Labute approximate surface area is 250 Å². The Hall–Kier alpha value is -1.06. The van der Waals surface area contributed by atoms with E-state index in [-0.39, 0.29) is 12.1 Å². The summed E-state index contributed by atoms with van der Waals surface area (Å²) in [5.41, 5.74) is 0. The topological polar surface area (TPSA) is 63.6 Å². The van der Waals surface area contributed by atoms with Crippen molar-refractivity contribution in [3.8, 4) is 0 Å². The van der Waals surface area contributed by atoms with Gasteiger partial charge in [-0.05, 0) is 38.5 Å². The van der Waals surface area contributed by atoms with Crippen LogP contribution in [0.2, 0.25) is 0 Å². The average molecular weight is 567 g/mol. The molecule has 0 rings (SSSR count). The molecule has 0 aromatic heterocycles. The third-order valence-corrected chi connectivity index (χ3v) is 8.33. The molecule has 1 atom stereocenters. The Kier molecular flexibility index (Phi) is 31.6. The summed E-state index contributed by atoms with van der Waals surface area (Å²) >= 11 is 0. The highest BCUT2D eigenvalue weighted by molar-refractivity contribution is 5.69. The predicted molar refractivity (Wildman–Crippen MR) is 172 cm³/mol. The summed E-state index contributed by atoms with van der Waals surface area (Å²) in [7, 11) is 0. The highest BCUT2D eigenvalue weighted by Gasteiger charge is 2.14. The minimum absolute atomic E-state index is 0.0246. The van der Waals surface area contributed by atoms with Crippen LogP contribution in [0, 0.1) is 0 Å². The molecule has 0 saturated heterocycles. The molecule has 1 N–H and O–H groups in total. The zero-order valence-corrected chi connectivity index (χ0v) is 27.2. The van der Waals surface area contributed by atoms with Crippen molar-refractivity contribution in [3.05, 3.63) is 0 Å². The van der Waals surface area contributed by atoms with E-state index in [1.165, 1.54) is 135 Å². The molecule has 0 bridgehead atoms. The number of esters is 1. The van der Waals surface area contributed by atoms with E-state index in [9.17, 15) is 9.59 Å². The number of hydrogen-bond donors (Lipinski definition) is 1. The van der Waals surface area contributed by atoms with Crippen LogP contribution in [-0.2, 0) is 14.3 Å². The van der Waals surface area contributed by atoms with Crippen molar-refractivity contribution >= 4 is 11.9 Å². The maximum absolute atomic E-state index is 12.5. The summed E-state index contributed by atoms with van der Waals surface area (Å²) in [6, 6.07) is 0. The van der Waals surface area contributed by atoms with Gasteiger partial charge in [0.2, 0.25) is 0 Å². The van der Waals surface area contributed by atoms with Crippen molar-refractivity contribution in [2.45, 2.75) is 219 Å². The van der Waals surface area contributed by atoms with Gasteiger partial charge < -0.3 is 9.84 Å². The molecule has 0 aliphatic carbocycles. The maximum Gasteiger partial charge on any atom is 0.306 e. The van der Waals surface area contributed by atoms with Crippen LogP contribution >= 0.6 is 0 Å². The molecule has 0 radical (unpaired) electrons. The van der Waals surface area contributed by atoms with Gasteiger partial charge in [-0.2, -0.15) is 0 Å². The lowest BCUT2D eigenvalue weighted by Crippen LogP contribution is -2.18. The van der Waals surface area contributed by atoms with Gasteiger partial charge in [0.15, 0.2) is 0 Å². The lowest BCUT2D eigenvalue weighted by molar-refractivity contribution is -0.150. The van der Waals surface area contributed by atoms with E-state index in [0.29, 0.717) is 12.8 Å². The number of aliphatic carboxylic acids is 1. The van der Waals surface area contributed by atoms with E-state index in [1.807, 2.05) is 0 Å². The third-order valence-electron chi connectivity index (χ3n) is 8.33. The number of carbonyl (C=O) groups is 2. The van der Waals surface area contributed by atoms with E-state index >= 15 is 0 Å². The van der Waals surface area contributed by atoms with Gasteiger partial charge in [-0.1, -0.05) is 162 Å². The molecule has 0 saturated carbocycles. The summed E-state index contributed by atoms with van der Waals surface area (Å²) < 4.78 is 5.95. The fraction of sp³-hybridized carbons (Fsp3) is 0.944. The number of carbonyl (C=O) groups excluding carboxylic acids is 1. The molecule has 0 unspecified atom stereocenters. The fourth-order valence-electron chi connectivity index (χ4n) is 5.66. The van der Waals surface area contributed by atoms with Crippen LogP contribution in [0.15, 0.2) is 0 Å². The summed E-state index contributed by atoms with van der Waals surface area (Å²) in [6.45, 7) is 4.52. The first-order valence-corrected chi connectivity index (χ1v) is 18.0. The molecule has 4 heteroatoms. The molecule has 0 aliphatic rings. The fourth-order valence-corrected chi connectivity index (χ4v) is 5.66. The Balaban J connectivity index is 3.77. The van der Waals surface area contributed by atoms with E-state index in [1.54, 1.807) is 0 Å². The van der Waals surface area contributed by atoms with Crippen molar-refractivity contribution < 1.29 is 19.4 Å². The monoisotopic (exact) mass is 567 g/mol. The number of hydrogen-bond acceptors (Lipinski definition) is 3. The van der Waals surface area contributed by atoms with Crippen molar-refractivity contribution in [1.29, 1.82) is 0 Å². The largest absolute Gasteiger partial charge is 0.481 e. The normalized spacial score (nSPS) is 12.1. The van der Waals surface area contributed by atoms with Crippen LogP contribution in [0.1, 0.15) is 213 Å². The Morgan fingerprint density at radius 2 is 0.750 bits per heavy atom. The average Bonchev–Trinajstić information content (AvgIpc) is 2.93. The SMILES string of the molecule is CCCCCCCCCCCCCCCCCC(=O)O[C@@H](CCCCCC)CCCCCCCCCCC(=O)O. The Morgan fingerprint density at radius 1 is 0.450 bits per heavy atom. The third kappa shape index (κ3) is 31.5. The molecule has 238 valence electrons. The molecule has 0 spiro atoms. The number of ether oxygens (including phenoxy) is 1. The van der Waals surface area contributed by atoms with Gasteiger partial charge in [0.1, 0.15) is 6.10 Å². The molecule has 0 aromatic rings. The molecule has 0 aromatic carbocycles. The molecule has 4 nitrogen and oxygen atoms in total. The minimum Gasteiger partial charge on any atom is -0.481 e. The molecule has 0 aliphatic heterocycles. The standard InChI is InChI=1S/C36H70O4/c1-3-5-7-9-10-11-12-13-14-15-16-17-22-25-29-33-36(39)40-34(30-26-8-6-4-2)31-27-23-20-18-19-21-24-28-32-35(37)38/h34H,3-33H2,1-2H3,(H,37,38)/t34-/m0/s1. The van der Waals surface area contributed by atoms with Crippen molar-refractivity contribution in [3.63, 3.8) is 0 Å². The lowest BCUT2D eigenvalue weighted by Gasteiger charge is -2.18. The summed E-state index contributed by atoms with van der Waals surface area (Å²) in [5.74, 6) is -0.656. The van der Waals surface area contributed by atoms with Crippen LogP contribution in [0.5, 0.6) is 0 Å². The summed E-state index contributed by atoms with van der Waals surface area (Å²) in [4.78, 5) is 23.1. The molecular weight excluding hydrogens is 496 g/mol. The highest BCUT2D eigenvalue weighted by Crippen LogP contribution is 2.19. The second kappa shape index (κ2) is 32.5. The van der Waals surface area contributed by atoms with Gasteiger partial charge in [0, 0.05) is 12.8 Å². The number of rotatable bonds is 33. The zero-order valence-electron chi connectivity index (χ0n) is 27.2. The van der Waals surface area contributed by atoms with Gasteiger partial charge in [-0.15, -0.1) is 0 Å². The van der Waals surface area contributed by atoms with Gasteiger partial charge in [-0.3, -0.25) is 9.59 Å². The molecule has 0 heterocycles. The van der Waals surface area contributed by atoms with Crippen LogP contribution in [0.3, 0.4) is 0 Å². The summed E-state index contributed by atoms with van der Waals surface area (Å²) in [6.07, 6.45) is 37.1. The van der Waals surface area contributed by atoms with Gasteiger partial charge in [-0.25, -0.2) is 0 Å². The van der Waals surface area contributed by atoms with E-state index in [2.05, 4.69) is 13.8 Å². The van der Waals surface area contributed by atoms with E-state index in [4.69, 9.17) is 9.84 Å². The van der Waals surface area contributed by atoms with Crippen molar-refractivity contribution in [2.24, 2.45) is 0 Å². The van der Waals surface area contributed by atoms with E-state index < -0.39 is 5.97 Å². The summed E-state index contributed by atoms with van der Waals surface area (Å²) in [5, 5.41) is 8.70. The zero-order chi connectivity index (χ0) is 29.4. The quantitative estimate of drug-likeness (QED) is 0.0633. The first-order valence-electron chi connectivity index (χ1n) is 18.0. The molecule has 40 heavy (non-hydrogen) atoms. The second-order valence-electron chi connectivity index (χ2n) is 12.4. The smallest absolute Gasteiger partial charge is 0.306 e. The lowest BCUT2D eigenvalue weighted by atomic mass is 10.0. The molecule has 0 fully saturated rings. The minimum atomic E-state index is -0.681. The van der Waals surface area contributed by atoms with Crippen LogP contribution < -0.4 is 0 Å². The van der Waals surface area contributed by atoms with Crippen LogP contribution in [-0.4, -0.2) is 23.1 Å².